The Hall–Kier alpha value is -1.36. The van der Waals surface area contributed by atoms with E-state index in [2.05, 4.69) is 41.6 Å². The van der Waals surface area contributed by atoms with Gasteiger partial charge in [-0.3, -0.25) is 9.89 Å². The number of amides is 1. The molecule has 0 aromatic carbocycles. The quantitative estimate of drug-likeness (QED) is 0.658. The molecule has 16 heavy (non-hydrogen) atoms. The lowest BCUT2D eigenvalue weighted by molar-refractivity contribution is 0.0949. The van der Waals surface area contributed by atoms with E-state index in [-0.39, 0.29) is 11.3 Å². The lowest BCUT2D eigenvalue weighted by Crippen LogP contribution is -2.30. The molecule has 90 valence electrons. The Morgan fingerprint density at radius 2 is 2.12 bits per heavy atom. The fourth-order valence-electron chi connectivity index (χ4n) is 1.21. The molecule has 0 aliphatic carbocycles. The molecule has 0 saturated heterocycles. The first kappa shape index (κ1) is 12.7. The number of likely N-dealkylation sites (N-methyl/N-ethyl adjacent to an activating group) is 1. The van der Waals surface area contributed by atoms with Crippen LogP contribution in [0.4, 0.5) is 0 Å². The normalized spacial score (nSPS) is 11.5. The highest BCUT2D eigenvalue weighted by molar-refractivity contribution is 5.92. The highest BCUT2D eigenvalue weighted by Gasteiger charge is 2.18. The van der Waals surface area contributed by atoms with Crippen molar-refractivity contribution in [3.8, 4) is 0 Å². The molecular weight excluding hydrogens is 204 g/mol. The summed E-state index contributed by atoms with van der Waals surface area (Å²) in [5.74, 6) is -0.137. The number of aromatic amines is 1. The zero-order valence-corrected chi connectivity index (χ0v) is 10.3. The smallest absolute Gasteiger partial charge is 0.271 e. The van der Waals surface area contributed by atoms with Crippen molar-refractivity contribution in [2.45, 2.75) is 26.2 Å². The second-order valence-corrected chi connectivity index (χ2v) is 4.78. The third-order valence-electron chi connectivity index (χ3n) is 2.28. The largest absolute Gasteiger partial charge is 0.349 e. The van der Waals surface area contributed by atoms with Crippen LogP contribution in [0.2, 0.25) is 0 Å². The third kappa shape index (κ3) is 3.34. The molecule has 5 heteroatoms. The summed E-state index contributed by atoms with van der Waals surface area (Å²) in [6, 6.07) is 1.80. The first-order valence-corrected chi connectivity index (χ1v) is 5.44. The van der Waals surface area contributed by atoms with Crippen molar-refractivity contribution in [3.05, 3.63) is 17.5 Å². The SMILES string of the molecule is CNCCNC(=O)c1cc(C(C)(C)C)[nH]n1. The molecule has 1 aromatic rings. The Balaban J connectivity index is 2.60. The molecule has 1 aromatic heterocycles. The summed E-state index contributed by atoms with van der Waals surface area (Å²) < 4.78 is 0. The van der Waals surface area contributed by atoms with Crippen LogP contribution in [-0.4, -0.2) is 36.2 Å². The van der Waals surface area contributed by atoms with Crippen LogP contribution < -0.4 is 10.6 Å². The van der Waals surface area contributed by atoms with E-state index >= 15 is 0 Å². The van der Waals surface area contributed by atoms with Gasteiger partial charge in [0, 0.05) is 24.2 Å². The number of nitrogens with zero attached hydrogens (tertiary/aromatic N) is 1. The minimum atomic E-state index is -0.137. The van der Waals surface area contributed by atoms with Gasteiger partial charge in [0.05, 0.1) is 0 Å². The maximum atomic E-state index is 11.6. The third-order valence-corrected chi connectivity index (χ3v) is 2.28. The summed E-state index contributed by atoms with van der Waals surface area (Å²) in [6.45, 7) is 7.57. The lowest BCUT2D eigenvalue weighted by atomic mass is 9.92. The number of hydrogen-bond acceptors (Lipinski definition) is 3. The van der Waals surface area contributed by atoms with E-state index in [0.717, 1.165) is 12.2 Å². The van der Waals surface area contributed by atoms with Gasteiger partial charge < -0.3 is 10.6 Å². The molecule has 0 unspecified atom stereocenters. The topological polar surface area (TPSA) is 69.8 Å². The zero-order chi connectivity index (χ0) is 12.2. The van der Waals surface area contributed by atoms with Gasteiger partial charge >= 0.3 is 0 Å². The Labute approximate surface area is 96.0 Å². The standard InChI is InChI=1S/C11H20N4O/c1-11(2,3)9-7-8(14-15-9)10(16)13-6-5-12-4/h7,12H,5-6H2,1-4H3,(H,13,16)(H,14,15). The maximum Gasteiger partial charge on any atom is 0.271 e. The second-order valence-electron chi connectivity index (χ2n) is 4.78. The highest BCUT2D eigenvalue weighted by atomic mass is 16.1. The van der Waals surface area contributed by atoms with Gasteiger partial charge in [-0.2, -0.15) is 5.10 Å². The fourth-order valence-corrected chi connectivity index (χ4v) is 1.21. The molecule has 0 bridgehead atoms. The number of nitrogens with one attached hydrogen (secondary N) is 3. The van der Waals surface area contributed by atoms with E-state index in [9.17, 15) is 4.79 Å². The average molecular weight is 224 g/mol. The Bertz CT molecular complexity index is 351. The molecule has 0 fully saturated rings. The van der Waals surface area contributed by atoms with E-state index in [0.29, 0.717) is 12.2 Å². The fraction of sp³-hybridized carbons (Fsp3) is 0.636. The molecule has 1 heterocycles. The molecule has 0 saturated carbocycles. The van der Waals surface area contributed by atoms with E-state index in [1.165, 1.54) is 0 Å². The molecule has 0 radical (unpaired) electrons. The van der Waals surface area contributed by atoms with Crippen molar-refractivity contribution < 1.29 is 4.79 Å². The molecule has 1 rings (SSSR count). The van der Waals surface area contributed by atoms with Gasteiger partial charge in [-0.05, 0) is 13.1 Å². The summed E-state index contributed by atoms with van der Waals surface area (Å²) >= 11 is 0. The first-order valence-electron chi connectivity index (χ1n) is 5.44. The summed E-state index contributed by atoms with van der Waals surface area (Å²) in [6.07, 6.45) is 0. The number of rotatable bonds is 4. The molecule has 0 aliphatic heterocycles. The predicted octanol–water partition coefficient (Wildman–Crippen LogP) is 0.656. The van der Waals surface area contributed by atoms with Crippen molar-refractivity contribution in [1.29, 1.82) is 0 Å². The second kappa shape index (κ2) is 5.12. The van der Waals surface area contributed by atoms with Crippen molar-refractivity contribution >= 4 is 5.91 Å². The zero-order valence-electron chi connectivity index (χ0n) is 10.3. The summed E-state index contributed by atoms with van der Waals surface area (Å²) in [5, 5.41) is 12.6. The number of carbonyl (C=O) groups is 1. The molecule has 0 spiro atoms. The summed E-state index contributed by atoms with van der Waals surface area (Å²) in [5.41, 5.74) is 1.39. The van der Waals surface area contributed by atoms with Gasteiger partial charge in [-0.15, -0.1) is 0 Å². The van der Waals surface area contributed by atoms with Gasteiger partial charge in [-0.1, -0.05) is 20.8 Å². The van der Waals surface area contributed by atoms with Crippen molar-refractivity contribution in [3.63, 3.8) is 0 Å². The van der Waals surface area contributed by atoms with Gasteiger partial charge in [0.1, 0.15) is 5.69 Å². The number of carbonyl (C=O) groups excluding carboxylic acids is 1. The number of hydrogen-bond donors (Lipinski definition) is 3. The monoisotopic (exact) mass is 224 g/mol. The van der Waals surface area contributed by atoms with Crippen molar-refractivity contribution in [1.82, 2.24) is 20.8 Å². The van der Waals surface area contributed by atoms with Gasteiger partial charge in [-0.25, -0.2) is 0 Å². The van der Waals surface area contributed by atoms with Crippen LogP contribution in [0.15, 0.2) is 6.07 Å². The minimum Gasteiger partial charge on any atom is -0.349 e. The van der Waals surface area contributed by atoms with Crippen LogP contribution in [0.1, 0.15) is 37.0 Å². The van der Waals surface area contributed by atoms with Crippen molar-refractivity contribution in [2.24, 2.45) is 0 Å². The number of H-pyrrole nitrogens is 1. The Morgan fingerprint density at radius 3 is 2.62 bits per heavy atom. The van der Waals surface area contributed by atoms with Crippen LogP contribution >= 0.6 is 0 Å². The van der Waals surface area contributed by atoms with Gasteiger partial charge in [0.2, 0.25) is 0 Å². The molecule has 5 nitrogen and oxygen atoms in total. The van der Waals surface area contributed by atoms with E-state index in [1.807, 2.05) is 7.05 Å². The molecular formula is C11H20N4O. The van der Waals surface area contributed by atoms with Crippen molar-refractivity contribution in [2.75, 3.05) is 20.1 Å². The molecule has 0 aliphatic rings. The Morgan fingerprint density at radius 1 is 1.44 bits per heavy atom. The number of aromatic nitrogens is 2. The van der Waals surface area contributed by atoms with Crippen LogP contribution in [0.3, 0.4) is 0 Å². The first-order chi connectivity index (χ1) is 7.45. The maximum absolute atomic E-state index is 11.6. The van der Waals surface area contributed by atoms with Gasteiger partial charge in [0.15, 0.2) is 0 Å². The average Bonchev–Trinajstić information content (AvgIpc) is 2.66. The molecule has 3 N–H and O–H groups in total. The minimum absolute atomic E-state index is 0.0174. The van der Waals surface area contributed by atoms with Crippen LogP contribution in [0, 0.1) is 0 Å². The van der Waals surface area contributed by atoms with E-state index in [4.69, 9.17) is 0 Å². The van der Waals surface area contributed by atoms with Crippen LogP contribution in [-0.2, 0) is 5.41 Å². The predicted molar refractivity (Wildman–Crippen MR) is 63.5 cm³/mol. The van der Waals surface area contributed by atoms with E-state index < -0.39 is 0 Å². The Kier molecular flexibility index (Phi) is 4.06. The molecule has 0 atom stereocenters. The van der Waals surface area contributed by atoms with E-state index in [1.54, 1.807) is 6.07 Å². The molecule has 1 amide bonds. The van der Waals surface area contributed by atoms with Crippen LogP contribution in [0.5, 0.6) is 0 Å². The highest BCUT2D eigenvalue weighted by Crippen LogP contribution is 2.19. The van der Waals surface area contributed by atoms with Gasteiger partial charge in [0.25, 0.3) is 5.91 Å². The van der Waals surface area contributed by atoms with Crippen LogP contribution in [0.25, 0.3) is 0 Å². The summed E-state index contributed by atoms with van der Waals surface area (Å²) in [4.78, 5) is 11.6. The summed E-state index contributed by atoms with van der Waals surface area (Å²) in [7, 11) is 1.85. The lowest BCUT2D eigenvalue weighted by Gasteiger charge is -2.14.